The molecule has 0 spiro atoms. The van der Waals surface area contributed by atoms with Crippen molar-refractivity contribution in [2.45, 2.75) is 31.7 Å². The van der Waals surface area contributed by atoms with Gasteiger partial charge in [0.1, 0.15) is 6.04 Å². The van der Waals surface area contributed by atoms with Gasteiger partial charge in [-0.15, -0.1) is 0 Å². The third-order valence-corrected chi connectivity index (χ3v) is 3.56. The van der Waals surface area contributed by atoms with Crippen LogP contribution in [0.2, 0.25) is 0 Å². The number of hydrogen-bond donors (Lipinski definition) is 1. The van der Waals surface area contributed by atoms with Gasteiger partial charge in [0.2, 0.25) is 5.91 Å². The lowest BCUT2D eigenvalue weighted by Crippen LogP contribution is -2.42. The lowest BCUT2D eigenvalue weighted by atomic mass is 10.1. The summed E-state index contributed by atoms with van der Waals surface area (Å²) in [7, 11) is 0. The van der Waals surface area contributed by atoms with Crippen LogP contribution in [-0.2, 0) is 9.59 Å². The first-order chi connectivity index (χ1) is 8.61. The zero-order valence-corrected chi connectivity index (χ0v) is 10.0. The maximum absolute atomic E-state index is 11.8. The Morgan fingerprint density at radius 3 is 2.83 bits per heavy atom. The molecule has 18 heavy (non-hydrogen) atoms. The van der Waals surface area contributed by atoms with Crippen molar-refractivity contribution >= 4 is 11.9 Å². The number of azide groups is 1. The Morgan fingerprint density at radius 1 is 1.56 bits per heavy atom. The fourth-order valence-corrected chi connectivity index (χ4v) is 2.41. The molecule has 7 heteroatoms. The first-order valence-electron chi connectivity index (χ1n) is 6.15. The van der Waals surface area contributed by atoms with E-state index in [0.29, 0.717) is 18.9 Å². The molecule has 7 nitrogen and oxygen atoms in total. The van der Waals surface area contributed by atoms with Crippen molar-refractivity contribution in [3.05, 3.63) is 10.4 Å². The van der Waals surface area contributed by atoms with E-state index in [4.69, 9.17) is 5.53 Å². The van der Waals surface area contributed by atoms with Gasteiger partial charge in [0.05, 0.1) is 0 Å². The van der Waals surface area contributed by atoms with Crippen molar-refractivity contribution in [2.24, 2.45) is 17.0 Å². The number of hydrogen-bond acceptors (Lipinski definition) is 3. The molecule has 0 radical (unpaired) electrons. The Bertz CT molecular complexity index is 401. The highest BCUT2D eigenvalue weighted by Gasteiger charge is 2.40. The van der Waals surface area contributed by atoms with Crippen molar-refractivity contribution < 1.29 is 14.7 Å². The summed E-state index contributed by atoms with van der Waals surface area (Å²) in [6, 6.07) is -0.707. The highest BCUT2D eigenvalue weighted by molar-refractivity contribution is 5.85. The van der Waals surface area contributed by atoms with Gasteiger partial charge in [-0.1, -0.05) is 18.0 Å². The first kappa shape index (κ1) is 12.7. The topological polar surface area (TPSA) is 106 Å². The van der Waals surface area contributed by atoms with Gasteiger partial charge in [-0.2, -0.15) is 0 Å². The lowest BCUT2D eigenvalue weighted by molar-refractivity contribution is -0.148. The summed E-state index contributed by atoms with van der Waals surface area (Å²) in [5.41, 5.74) is 8.25. The van der Waals surface area contributed by atoms with Gasteiger partial charge in [0.25, 0.3) is 0 Å². The first-order valence-corrected chi connectivity index (χ1v) is 6.15. The predicted octanol–water partition coefficient (Wildman–Crippen LogP) is 1.40. The highest BCUT2D eigenvalue weighted by atomic mass is 16.4. The van der Waals surface area contributed by atoms with Crippen LogP contribution in [0, 0.1) is 11.8 Å². The van der Waals surface area contributed by atoms with Crippen molar-refractivity contribution in [1.29, 1.82) is 0 Å². The zero-order valence-electron chi connectivity index (χ0n) is 10.0. The number of likely N-dealkylation sites (tertiary alicyclic amines) is 1. The summed E-state index contributed by atoms with van der Waals surface area (Å²) in [6.07, 6.45) is 2.96. The maximum atomic E-state index is 11.8. The minimum atomic E-state index is -0.931. The molecule has 98 valence electrons. The average molecular weight is 252 g/mol. The van der Waals surface area contributed by atoms with Crippen LogP contribution in [0.1, 0.15) is 25.7 Å². The smallest absolute Gasteiger partial charge is 0.326 e. The van der Waals surface area contributed by atoms with Gasteiger partial charge >= 0.3 is 5.97 Å². The van der Waals surface area contributed by atoms with Gasteiger partial charge < -0.3 is 10.0 Å². The minimum Gasteiger partial charge on any atom is -0.480 e. The summed E-state index contributed by atoms with van der Waals surface area (Å²) < 4.78 is 0. The zero-order chi connectivity index (χ0) is 13.1. The van der Waals surface area contributed by atoms with Crippen LogP contribution in [0.25, 0.3) is 10.4 Å². The average Bonchev–Trinajstić information content (AvgIpc) is 3.07. The van der Waals surface area contributed by atoms with E-state index in [2.05, 4.69) is 10.0 Å². The second-order valence-corrected chi connectivity index (χ2v) is 5.06. The molecule has 2 unspecified atom stereocenters. The van der Waals surface area contributed by atoms with E-state index in [1.54, 1.807) is 0 Å². The Morgan fingerprint density at radius 2 is 2.28 bits per heavy atom. The third kappa shape index (κ3) is 2.92. The second-order valence-electron chi connectivity index (χ2n) is 5.06. The Balaban J connectivity index is 1.98. The minimum absolute atomic E-state index is 0.0468. The van der Waals surface area contributed by atoms with Crippen LogP contribution in [0.3, 0.4) is 0 Å². The van der Waals surface area contributed by atoms with Crippen LogP contribution < -0.4 is 0 Å². The summed E-state index contributed by atoms with van der Waals surface area (Å²) in [6.45, 7) is 0.649. The quantitative estimate of drug-likeness (QED) is 0.438. The lowest BCUT2D eigenvalue weighted by Gasteiger charge is -2.24. The van der Waals surface area contributed by atoms with Gasteiger partial charge in [0.15, 0.2) is 0 Å². The molecule has 1 saturated heterocycles. The molecule has 2 aliphatic rings. The van der Waals surface area contributed by atoms with Gasteiger partial charge in [0, 0.05) is 24.4 Å². The third-order valence-electron chi connectivity index (χ3n) is 3.56. The van der Waals surface area contributed by atoms with Crippen LogP contribution >= 0.6 is 0 Å². The highest BCUT2D eigenvalue weighted by Crippen LogP contribution is 2.36. The number of amides is 1. The van der Waals surface area contributed by atoms with Crippen molar-refractivity contribution in [3.8, 4) is 0 Å². The normalized spacial score (nSPS) is 24.8. The monoisotopic (exact) mass is 252 g/mol. The number of carboxylic acids is 1. The summed E-state index contributed by atoms with van der Waals surface area (Å²) in [5, 5.41) is 12.7. The molecule has 0 aromatic carbocycles. The number of carbonyl (C=O) groups excluding carboxylic acids is 1. The van der Waals surface area contributed by atoms with E-state index >= 15 is 0 Å². The molecular weight excluding hydrogens is 236 g/mol. The van der Waals surface area contributed by atoms with Crippen molar-refractivity contribution in [1.82, 2.24) is 4.90 Å². The summed E-state index contributed by atoms with van der Waals surface area (Å²) in [4.78, 5) is 27.2. The molecule has 2 fully saturated rings. The van der Waals surface area contributed by atoms with E-state index in [-0.39, 0.29) is 24.8 Å². The van der Waals surface area contributed by atoms with Crippen LogP contribution in [0.5, 0.6) is 0 Å². The molecule has 1 heterocycles. The van der Waals surface area contributed by atoms with E-state index < -0.39 is 12.0 Å². The second kappa shape index (κ2) is 5.27. The van der Waals surface area contributed by atoms with Crippen LogP contribution in [0.4, 0.5) is 0 Å². The summed E-state index contributed by atoms with van der Waals surface area (Å²) in [5.74, 6) is -0.662. The molecule has 1 N–H and O–H groups in total. The van der Waals surface area contributed by atoms with E-state index in [1.807, 2.05) is 0 Å². The van der Waals surface area contributed by atoms with Crippen molar-refractivity contribution in [2.75, 3.05) is 13.1 Å². The number of carbonyl (C=O) groups is 2. The Kier molecular flexibility index (Phi) is 3.72. The van der Waals surface area contributed by atoms with Crippen LogP contribution in [0.15, 0.2) is 5.11 Å². The standard InChI is InChI=1S/C11H16N4O3/c12-14-13-5-8-4-10(16)15(6-8)9(11(17)18)3-7-1-2-7/h7-9H,1-6H2,(H,17,18). The van der Waals surface area contributed by atoms with E-state index in [0.717, 1.165) is 12.8 Å². The molecule has 1 amide bonds. The van der Waals surface area contributed by atoms with E-state index in [9.17, 15) is 14.7 Å². The molecule has 0 aromatic heterocycles. The summed E-state index contributed by atoms with van der Waals surface area (Å²) >= 11 is 0. The van der Waals surface area contributed by atoms with Gasteiger partial charge in [-0.3, -0.25) is 4.79 Å². The SMILES string of the molecule is [N-]=[N+]=NCC1CC(=O)N(C(CC2CC2)C(=O)O)C1. The van der Waals surface area contributed by atoms with Gasteiger partial charge in [-0.25, -0.2) is 4.79 Å². The maximum Gasteiger partial charge on any atom is 0.326 e. The number of carboxylic acid groups (broad SMARTS) is 1. The molecule has 2 rings (SSSR count). The van der Waals surface area contributed by atoms with Crippen LogP contribution in [-0.4, -0.2) is 41.0 Å². The molecule has 1 aliphatic carbocycles. The molecule has 1 saturated carbocycles. The molecular formula is C11H16N4O3. The van der Waals surface area contributed by atoms with Crippen molar-refractivity contribution in [3.63, 3.8) is 0 Å². The molecule has 2 atom stereocenters. The van der Waals surface area contributed by atoms with E-state index in [1.165, 1.54) is 4.90 Å². The molecule has 0 aromatic rings. The number of nitrogens with zero attached hydrogens (tertiary/aromatic N) is 4. The molecule has 0 bridgehead atoms. The predicted molar refractivity (Wildman–Crippen MR) is 62.6 cm³/mol. The Labute approximate surface area is 104 Å². The fraction of sp³-hybridized carbons (Fsp3) is 0.818. The number of rotatable bonds is 6. The fourth-order valence-electron chi connectivity index (χ4n) is 2.41. The largest absolute Gasteiger partial charge is 0.480 e. The molecule has 1 aliphatic heterocycles. The van der Waals surface area contributed by atoms with Gasteiger partial charge in [-0.05, 0) is 23.8 Å². The number of aliphatic carboxylic acids is 1. The Hall–Kier alpha value is -1.75.